The third-order valence-electron chi connectivity index (χ3n) is 1.95. The quantitative estimate of drug-likeness (QED) is 0.702. The van der Waals surface area contributed by atoms with Gasteiger partial charge in [-0.1, -0.05) is 24.3 Å². The number of benzene rings is 1. The molecular weight excluding hydrogens is 164 g/mol. The van der Waals surface area contributed by atoms with E-state index in [-0.39, 0.29) is 12.4 Å². The van der Waals surface area contributed by atoms with E-state index in [1.54, 1.807) is 0 Å². The van der Waals surface area contributed by atoms with E-state index in [4.69, 9.17) is 4.74 Å². The summed E-state index contributed by atoms with van der Waals surface area (Å²) in [5.41, 5.74) is 2.25. The van der Waals surface area contributed by atoms with Crippen LogP contribution in [0.5, 0.6) is 0 Å². The van der Waals surface area contributed by atoms with Crippen molar-refractivity contribution in [2.24, 2.45) is 0 Å². The minimum absolute atomic E-state index is 0.122. The number of Topliss-reactive ketones (excluding diaryl/α,β-unsaturated/α-hetero) is 1. The van der Waals surface area contributed by atoms with Crippen LogP contribution in [-0.4, -0.2) is 19.5 Å². The van der Waals surface area contributed by atoms with Crippen molar-refractivity contribution in [1.82, 2.24) is 0 Å². The van der Waals surface area contributed by atoms with Crippen molar-refractivity contribution >= 4 is 5.78 Å². The molecule has 0 aliphatic carbocycles. The second-order valence-electron chi connectivity index (χ2n) is 3.07. The molecule has 0 radical (unpaired) electrons. The van der Waals surface area contributed by atoms with Gasteiger partial charge in [-0.3, -0.25) is 4.79 Å². The molecule has 1 aromatic rings. The van der Waals surface area contributed by atoms with Crippen LogP contribution < -0.4 is 0 Å². The van der Waals surface area contributed by atoms with Gasteiger partial charge in [-0.15, -0.1) is 0 Å². The molecule has 0 atom stereocenters. The first-order valence-electron chi connectivity index (χ1n) is 4.29. The van der Waals surface area contributed by atoms with Gasteiger partial charge in [0.1, 0.15) is 6.61 Å². The molecule has 2 heteroatoms. The van der Waals surface area contributed by atoms with Gasteiger partial charge in [0, 0.05) is 13.5 Å². The van der Waals surface area contributed by atoms with Gasteiger partial charge in [-0.2, -0.15) is 0 Å². The van der Waals surface area contributed by atoms with Crippen LogP contribution >= 0.6 is 0 Å². The molecule has 0 N–H and O–H groups in total. The van der Waals surface area contributed by atoms with Crippen molar-refractivity contribution in [3.8, 4) is 0 Å². The Labute approximate surface area is 78.5 Å². The van der Waals surface area contributed by atoms with Gasteiger partial charge in [0.05, 0.1) is 0 Å². The van der Waals surface area contributed by atoms with Crippen LogP contribution in [0.3, 0.4) is 0 Å². The normalized spacial score (nSPS) is 10.0. The van der Waals surface area contributed by atoms with Crippen LogP contribution in [0.4, 0.5) is 0 Å². The molecule has 0 unspecified atom stereocenters. The van der Waals surface area contributed by atoms with E-state index in [1.165, 1.54) is 7.11 Å². The third-order valence-corrected chi connectivity index (χ3v) is 1.95. The number of hydrogen-bond donors (Lipinski definition) is 0. The second-order valence-corrected chi connectivity index (χ2v) is 3.07. The predicted octanol–water partition coefficient (Wildman–Crippen LogP) is 1.75. The van der Waals surface area contributed by atoms with E-state index in [9.17, 15) is 4.79 Å². The molecule has 0 saturated heterocycles. The number of carbonyl (C=O) groups excluding carboxylic acids is 1. The van der Waals surface area contributed by atoms with Gasteiger partial charge in [-0.05, 0) is 18.1 Å². The maximum absolute atomic E-state index is 11.2. The zero-order valence-corrected chi connectivity index (χ0v) is 8.04. The molecule has 0 heterocycles. The molecule has 0 spiro atoms. The van der Waals surface area contributed by atoms with Crippen LogP contribution in [0, 0.1) is 6.92 Å². The first-order chi connectivity index (χ1) is 6.24. The van der Waals surface area contributed by atoms with Crippen molar-refractivity contribution in [2.75, 3.05) is 13.7 Å². The first kappa shape index (κ1) is 9.93. The fourth-order valence-corrected chi connectivity index (χ4v) is 1.23. The lowest BCUT2D eigenvalue weighted by molar-refractivity contribution is -0.121. The largest absolute Gasteiger partial charge is 0.377 e. The molecule has 1 rings (SSSR count). The molecule has 13 heavy (non-hydrogen) atoms. The molecule has 0 saturated carbocycles. The molecule has 0 amide bonds. The number of carbonyl (C=O) groups is 1. The lowest BCUT2D eigenvalue weighted by Gasteiger charge is -2.03. The molecule has 0 bridgehead atoms. The summed E-state index contributed by atoms with van der Waals surface area (Å²) in [6, 6.07) is 7.90. The smallest absolute Gasteiger partial charge is 0.162 e. The number of methoxy groups -OCH3 is 1. The van der Waals surface area contributed by atoms with E-state index in [1.807, 2.05) is 31.2 Å². The van der Waals surface area contributed by atoms with E-state index in [0.717, 1.165) is 11.1 Å². The average molecular weight is 178 g/mol. The minimum atomic E-state index is 0.122. The Balaban J connectivity index is 2.63. The topological polar surface area (TPSA) is 26.3 Å². The average Bonchev–Trinajstić information content (AvgIpc) is 2.09. The predicted molar refractivity (Wildman–Crippen MR) is 51.8 cm³/mol. The summed E-state index contributed by atoms with van der Waals surface area (Å²) < 4.78 is 4.77. The maximum Gasteiger partial charge on any atom is 0.162 e. The fourth-order valence-electron chi connectivity index (χ4n) is 1.23. The van der Waals surface area contributed by atoms with Gasteiger partial charge < -0.3 is 4.74 Å². The van der Waals surface area contributed by atoms with Crippen LogP contribution in [0.2, 0.25) is 0 Å². The summed E-state index contributed by atoms with van der Waals surface area (Å²) in [5.74, 6) is 0.122. The molecule has 0 aliphatic rings. The maximum atomic E-state index is 11.2. The lowest BCUT2D eigenvalue weighted by Crippen LogP contribution is -2.10. The Bertz CT molecular complexity index is 292. The third kappa shape index (κ3) is 2.99. The van der Waals surface area contributed by atoms with Crippen LogP contribution in [0.15, 0.2) is 24.3 Å². The second kappa shape index (κ2) is 4.77. The highest BCUT2D eigenvalue weighted by molar-refractivity contribution is 5.82. The molecule has 0 aliphatic heterocycles. The molecule has 70 valence electrons. The highest BCUT2D eigenvalue weighted by Crippen LogP contribution is 2.07. The van der Waals surface area contributed by atoms with E-state index < -0.39 is 0 Å². The van der Waals surface area contributed by atoms with Gasteiger partial charge in [-0.25, -0.2) is 0 Å². The molecule has 0 aromatic heterocycles. The van der Waals surface area contributed by atoms with E-state index in [0.29, 0.717) is 6.42 Å². The molecular formula is C11H14O2. The van der Waals surface area contributed by atoms with Crippen LogP contribution in [0.25, 0.3) is 0 Å². The number of aryl methyl sites for hydroxylation is 1. The summed E-state index contributed by atoms with van der Waals surface area (Å²) in [7, 11) is 1.54. The van der Waals surface area contributed by atoms with Crippen molar-refractivity contribution in [2.45, 2.75) is 13.3 Å². The number of hydrogen-bond acceptors (Lipinski definition) is 2. The first-order valence-corrected chi connectivity index (χ1v) is 4.29. The van der Waals surface area contributed by atoms with E-state index >= 15 is 0 Å². The Morgan fingerprint density at radius 3 is 2.69 bits per heavy atom. The van der Waals surface area contributed by atoms with Gasteiger partial charge in [0.2, 0.25) is 0 Å². The molecule has 0 fully saturated rings. The fraction of sp³-hybridized carbons (Fsp3) is 0.364. The van der Waals surface area contributed by atoms with Crippen LogP contribution in [0.1, 0.15) is 11.1 Å². The minimum Gasteiger partial charge on any atom is -0.377 e. The van der Waals surface area contributed by atoms with Crippen molar-refractivity contribution < 1.29 is 9.53 Å². The summed E-state index contributed by atoms with van der Waals surface area (Å²) >= 11 is 0. The molecule has 1 aromatic carbocycles. The number of ketones is 1. The lowest BCUT2D eigenvalue weighted by atomic mass is 10.0. The standard InChI is InChI=1S/C11H14O2/c1-9-5-3-4-6-10(9)7-11(12)8-13-2/h3-6H,7-8H2,1-2H3. The van der Waals surface area contributed by atoms with Gasteiger partial charge in [0.25, 0.3) is 0 Å². The van der Waals surface area contributed by atoms with Gasteiger partial charge >= 0.3 is 0 Å². The summed E-state index contributed by atoms with van der Waals surface area (Å²) in [4.78, 5) is 11.2. The summed E-state index contributed by atoms with van der Waals surface area (Å²) in [6.45, 7) is 2.21. The number of rotatable bonds is 4. The van der Waals surface area contributed by atoms with Crippen molar-refractivity contribution in [1.29, 1.82) is 0 Å². The zero-order valence-electron chi connectivity index (χ0n) is 8.04. The van der Waals surface area contributed by atoms with Crippen LogP contribution in [-0.2, 0) is 16.0 Å². The zero-order chi connectivity index (χ0) is 9.68. The number of ether oxygens (including phenoxy) is 1. The van der Waals surface area contributed by atoms with Gasteiger partial charge in [0.15, 0.2) is 5.78 Å². The Morgan fingerprint density at radius 1 is 1.38 bits per heavy atom. The Hall–Kier alpha value is -1.15. The van der Waals surface area contributed by atoms with Crippen molar-refractivity contribution in [3.63, 3.8) is 0 Å². The monoisotopic (exact) mass is 178 g/mol. The Kier molecular flexibility index (Phi) is 3.65. The highest BCUT2D eigenvalue weighted by Gasteiger charge is 2.04. The summed E-state index contributed by atoms with van der Waals surface area (Å²) in [5, 5.41) is 0. The summed E-state index contributed by atoms with van der Waals surface area (Å²) in [6.07, 6.45) is 0.473. The van der Waals surface area contributed by atoms with Crippen molar-refractivity contribution in [3.05, 3.63) is 35.4 Å². The van der Waals surface area contributed by atoms with E-state index in [2.05, 4.69) is 0 Å². The SMILES string of the molecule is COCC(=O)Cc1ccccc1C. The highest BCUT2D eigenvalue weighted by atomic mass is 16.5. The molecule has 2 nitrogen and oxygen atoms in total. The Morgan fingerprint density at radius 2 is 2.08 bits per heavy atom.